The van der Waals surface area contributed by atoms with E-state index in [1.165, 1.54) is 7.11 Å². The molecule has 0 aromatic carbocycles. The zero-order valence-corrected chi connectivity index (χ0v) is 23.9. The van der Waals surface area contributed by atoms with Crippen LogP contribution in [0.2, 0.25) is 0 Å². The fourth-order valence-electron chi connectivity index (χ4n) is 10.3. The molecule has 2 heterocycles. The maximum Gasteiger partial charge on any atom is 0.331 e. The second-order valence-electron chi connectivity index (χ2n) is 14.0. The number of carbonyl (C=O) groups is 1. The van der Waals surface area contributed by atoms with E-state index in [-0.39, 0.29) is 34.7 Å². The molecule has 0 aromatic heterocycles. The van der Waals surface area contributed by atoms with Crippen molar-refractivity contribution in [3.05, 3.63) is 11.6 Å². The van der Waals surface area contributed by atoms with E-state index in [9.17, 15) is 29.6 Å². The number of cyclic esters (lactones) is 1. The van der Waals surface area contributed by atoms with Crippen LogP contribution in [0.3, 0.4) is 0 Å². The van der Waals surface area contributed by atoms with Crippen LogP contribution in [0.15, 0.2) is 11.6 Å². The lowest BCUT2D eigenvalue weighted by molar-refractivity contribution is -0.343. The molecule has 6 aliphatic rings. The molecule has 0 bridgehead atoms. The van der Waals surface area contributed by atoms with Crippen molar-refractivity contribution in [2.24, 2.45) is 34.5 Å². The molecule has 10 heteroatoms. The second kappa shape index (κ2) is 10.2. The summed E-state index contributed by atoms with van der Waals surface area (Å²) >= 11 is 0. The van der Waals surface area contributed by atoms with Gasteiger partial charge in [-0.2, -0.15) is 5.06 Å². The molecule has 4 aliphatic carbocycles. The lowest BCUT2D eigenvalue weighted by Gasteiger charge is -2.64. The van der Waals surface area contributed by atoms with Crippen LogP contribution >= 0.6 is 0 Å². The number of aliphatic hydroxyl groups is 4. The van der Waals surface area contributed by atoms with Gasteiger partial charge in [-0.25, -0.2) is 9.18 Å². The van der Waals surface area contributed by atoms with Gasteiger partial charge in [-0.15, -0.1) is 0 Å². The van der Waals surface area contributed by atoms with Gasteiger partial charge in [0.1, 0.15) is 37.7 Å². The predicted molar refractivity (Wildman–Crippen MR) is 141 cm³/mol. The van der Waals surface area contributed by atoms with E-state index >= 15 is 0 Å². The minimum Gasteiger partial charge on any atom is -0.458 e. The van der Waals surface area contributed by atoms with Gasteiger partial charge in [-0.1, -0.05) is 13.8 Å². The molecule has 9 nitrogen and oxygen atoms in total. The lowest BCUT2D eigenvalue weighted by Crippen LogP contribution is -2.66. The summed E-state index contributed by atoms with van der Waals surface area (Å²) in [6.45, 7) is 3.99. The zero-order chi connectivity index (χ0) is 28.6. The molecule has 0 spiro atoms. The summed E-state index contributed by atoms with van der Waals surface area (Å²) in [5, 5.41) is 45.2. The van der Waals surface area contributed by atoms with Crippen molar-refractivity contribution in [3.8, 4) is 0 Å². The standard InChI is InChI=1S/C30H46FNO8/c1-28-9-6-18(32(38-3)27-26(36)25(35)24(34)22(14-31)40-27)13-17(28)4-5-21-20(28)7-10-29(2)19(8-11-30(21,29)37)16-12-23(33)39-15-16/h12,17-22,24-27,34-37H,4-11,13-15H2,1-3H3/t17?,18-,19-,20?,21?,22-,24-,25+,26-,27?,28+,29-,30+/m1/s1. The number of fused-ring (bicyclic) bond motifs is 5. The van der Waals surface area contributed by atoms with Crippen LogP contribution in [0.4, 0.5) is 4.39 Å². The van der Waals surface area contributed by atoms with Crippen LogP contribution in [-0.2, 0) is 19.1 Å². The van der Waals surface area contributed by atoms with Crippen LogP contribution in [0.1, 0.15) is 71.6 Å². The van der Waals surface area contributed by atoms with Gasteiger partial charge in [0.05, 0.1) is 12.7 Å². The summed E-state index contributed by atoms with van der Waals surface area (Å²) in [6.07, 6.45) is 2.89. The molecule has 5 fully saturated rings. The highest BCUT2D eigenvalue weighted by Crippen LogP contribution is 2.70. The number of alkyl halides is 1. The fraction of sp³-hybridized carbons (Fsp3) is 0.900. The van der Waals surface area contributed by atoms with Crippen molar-refractivity contribution in [1.29, 1.82) is 0 Å². The highest BCUT2D eigenvalue weighted by atomic mass is 19.1. The summed E-state index contributed by atoms with van der Waals surface area (Å²) in [5.74, 6) is 0.878. The van der Waals surface area contributed by atoms with E-state index in [1.807, 2.05) is 0 Å². The first kappa shape index (κ1) is 29.0. The first-order valence-electron chi connectivity index (χ1n) is 15.2. The smallest absolute Gasteiger partial charge is 0.331 e. The van der Waals surface area contributed by atoms with Crippen molar-refractivity contribution in [2.45, 2.75) is 114 Å². The SMILES string of the molecule is CON(C1O[C@H](CF)[C@@H](O)[C@H](O)[C@H]1O)[C@@H]1CC[C@@]2(C)C(CCC3C2CC[C@]2(C)[C@@H](C4=CC(=O)OC4)CC[C@]32O)C1. The molecule has 2 aliphatic heterocycles. The average molecular weight is 568 g/mol. The highest BCUT2D eigenvalue weighted by molar-refractivity contribution is 5.85. The number of hydrogen-bond acceptors (Lipinski definition) is 9. The Morgan fingerprint density at radius 2 is 1.80 bits per heavy atom. The van der Waals surface area contributed by atoms with Gasteiger partial charge in [0.15, 0.2) is 6.23 Å². The Hall–Kier alpha value is -1.14. The third-order valence-corrected chi connectivity index (χ3v) is 12.6. The molecule has 4 unspecified atom stereocenters. The molecule has 0 amide bonds. The molecule has 4 N–H and O–H groups in total. The molecule has 0 radical (unpaired) electrons. The van der Waals surface area contributed by atoms with E-state index in [1.54, 1.807) is 11.1 Å². The Labute approximate surface area is 235 Å². The molecule has 1 saturated heterocycles. The number of carbonyl (C=O) groups excluding carboxylic acids is 1. The summed E-state index contributed by atoms with van der Waals surface area (Å²) in [5.41, 5.74) is 0.0490. The van der Waals surface area contributed by atoms with Gasteiger partial charge in [0.2, 0.25) is 0 Å². The van der Waals surface area contributed by atoms with Crippen molar-refractivity contribution in [3.63, 3.8) is 0 Å². The van der Waals surface area contributed by atoms with Crippen LogP contribution in [0.5, 0.6) is 0 Å². The van der Waals surface area contributed by atoms with Gasteiger partial charge in [0.25, 0.3) is 0 Å². The minimum absolute atomic E-state index is 0.0445. The normalized spacial score (nSPS) is 52.5. The second-order valence-corrected chi connectivity index (χ2v) is 14.0. The maximum atomic E-state index is 13.5. The number of hydroxylamine groups is 2. The Bertz CT molecular complexity index is 1030. The Morgan fingerprint density at radius 3 is 2.48 bits per heavy atom. The lowest BCUT2D eigenvalue weighted by atomic mass is 9.43. The molecule has 0 aromatic rings. The van der Waals surface area contributed by atoms with Gasteiger partial charge in [-0.05, 0) is 92.4 Å². The summed E-state index contributed by atoms with van der Waals surface area (Å²) in [7, 11) is 1.50. The number of nitrogens with zero attached hydrogens (tertiary/aromatic N) is 1. The molecule has 40 heavy (non-hydrogen) atoms. The molecule has 6 rings (SSSR count). The van der Waals surface area contributed by atoms with Crippen molar-refractivity contribution in [1.82, 2.24) is 5.06 Å². The molecular weight excluding hydrogens is 521 g/mol. The molecule has 4 saturated carbocycles. The summed E-state index contributed by atoms with van der Waals surface area (Å²) in [4.78, 5) is 17.5. The van der Waals surface area contributed by atoms with Crippen molar-refractivity contribution >= 4 is 5.97 Å². The first-order chi connectivity index (χ1) is 19.0. The van der Waals surface area contributed by atoms with E-state index in [4.69, 9.17) is 14.3 Å². The molecule has 13 atom stereocenters. The van der Waals surface area contributed by atoms with Crippen molar-refractivity contribution < 1.29 is 43.9 Å². The van der Waals surface area contributed by atoms with E-state index in [0.717, 1.165) is 63.4 Å². The van der Waals surface area contributed by atoms with E-state index in [0.29, 0.717) is 18.4 Å². The van der Waals surface area contributed by atoms with Crippen LogP contribution in [0, 0.1) is 34.5 Å². The van der Waals surface area contributed by atoms with E-state index in [2.05, 4.69) is 13.8 Å². The number of aliphatic hydroxyl groups excluding tert-OH is 3. The molecule has 226 valence electrons. The summed E-state index contributed by atoms with van der Waals surface area (Å²) in [6, 6.07) is -0.0957. The maximum absolute atomic E-state index is 13.5. The third-order valence-electron chi connectivity index (χ3n) is 12.6. The number of halogens is 1. The summed E-state index contributed by atoms with van der Waals surface area (Å²) < 4.78 is 24.5. The van der Waals surface area contributed by atoms with Crippen LogP contribution in [-0.4, -0.2) is 94.1 Å². The Kier molecular flexibility index (Phi) is 7.42. The number of rotatable bonds is 5. The third kappa shape index (κ3) is 4.07. The highest BCUT2D eigenvalue weighted by Gasteiger charge is 2.68. The zero-order valence-electron chi connectivity index (χ0n) is 23.9. The van der Waals surface area contributed by atoms with Gasteiger partial charge in [0, 0.05) is 17.5 Å². The first-order valence-corrected chi connectivity index (χ1v) is 15.2. The predicted octanol–water partition coefficient (Wildman–Crippen LogP) is 2.25. The molecular formula is C30H46FNO8. The van der Waals surface area contributed by atoms with Gasteiger partial charge in [-0.3, -0.25) is 4.84 Å². The largest absolute Gasteiger partial charge is 0.458 e. The van der Waals surface area contributed by atoms with Crippen molar-refractivity contribution in [2.75, 3.05) is 20.4 Å². The number of ether oxygens (including phenoxy) is 2. The van der Waals surface area contributed by atoms with Crippen LogP contribution in [0.25, 0.3) is 0 Å². The number of hydrogen-bond donors (Lipinski definition) is 4. The van der Waals surface area contributed by atoms with Crippen LogP contribution < -0.4 is 0 Å². The monoisotopic (exact) mass is 567 g/mol. The Balaban J connectivity index is 1.19. The average Bonchev–Trinajstić information content (AvgIpc) is 3.48. The minimum atomic E-state index is -1.53. The Morgan fingerprint density at radius 1 is 1.02 bits per heavy atom. The topological polar surface area (TPSA) is 129 Å². The fourth-order valence-corrected chi connectivity index (χ4v) is 10.3. The van der Waals surface area contributed by atoms with Gasteiger partial charge < -0.3 is 29.9 Å². The quantitative estimate of drug-likeness (QED) is 0.292. The number of esters is 1. The van der Waals surface area contributed by atoms with Gasteiger partial charge >= 0.3 is 5.97 Å². The van der Waals surface area contributed by atoms with E-state index < -0.39 is 42.9 Å².